The lowest BCUT2D eigenvalue weighted by molar-refractivity contribution is 0.00864. The van der Waals surface area contributed by atoms with Gasteiger partial charge in [0.1, 0.15) is 5.82 Å². The Morgan fingerprint density at radius 1 is 0.889 bits per heavy atom. The second kappa shape index (κ2) is 12.2. The van der Waals surface area contributed by atoms with Crippen LogP contribution in [0, 0.1) is 12.7 Å². The smallest absolute Gasteiger partial charge is 0.337 e. The van der Waals surface area contributed by atoms with Gasteiger partial charge in [0.15, 0.2) is 0 Å². The van der Waals surface area contributed by atoms with Crippen molar-refractivity contribution in [2.24, 2.45) is 0 Å². The molecule has 0 radical (unpaired) electrons. The molecule has 0 aliphatic carbocycles. The first-order valence-electron chi connectivity index (χ1n) is 14.7. The van der Waals surface area contributed by atoms with Gasteiger partial charge in [-0.05, 0) is 84.1 Å². The molecule has 224 valence electrons. The molecule has 7 rings (SSSR count). The summed E-state index contributed by atoms with van der Waals surface area (Å²) in [6, 6.07) is 35.2. The van der Waals surface area contributed by atoms with Crippen molar-refractivity contribution in [2.45, 2.75) is 17.7 Å². The molecule has 0 amide bonds. The van der Waals surface area contributed by atoms with Crippen LogP contribution in [0.1, 0.15) is 27.4 Å². The van der Waals surface area contributed by atoms with Gasteiger partial charge in [-0.1, -0.05) is 77.8 Å². The molecule has 1 aliphatic rings. The zero-order chi connectivity index (χ0) is 31.1. The highest BCUT2D eigenvalue weighted by Crippen LogP contribution is 2.48. The van der Waals surface area contributed by atoms with E-state index < -0.39 is 5.97 Å². The standard InChI is InChI=1S/C38H29ClFNO3S/c1-23-10-14-29(15-11-23)45-41-35-17-13-28(40)20-33(35)36(32-9-4-3-8-30(32)27-21-44-22-27)37(41)25-7-5-6-24(18-25)31-16-12-26(19-34(31)39)38(42)43-2/h3-20,27H,21-22H2,1-2H3. The summed E-state index contributed by atoms with van der Waals surface area (Å²) < 4.78 is 27.7. The first-order valence-corrected chi connectivity index (χ1v) is 15.8. The molecule has 0 unspecified atom stereocenters. The molecule has 1 aliphatic heterocycles. The van der Waals surface area contributed by atoms with Crippen molar-refractivity contribution in [2.75, 3.05) is 20.3 Å². The minimum Gasteiger partial charge on any atom is -0.465 e. The van der Waals surface area contributed by atoms with Crippen LogP contribution in [0.2, 0.25) is 5.02 Å². The summed E-state index contributed by atoms with van der Waals surface area (Å²) in [7, 11) is 1.35. The van der Waals surface area contributed by atoms with Crippen molar-refractivity contribution in [3.8, 4) is 33.5 Å². The van der Waals surface area contributed by atoms with Crippen LogP contribution in [0.3, 0.4) is 0 Å². The molecule has 2 heterocycles. The summed E-state index contributed by atoms with van der Waals surface area (Å²) in [6.07, 6.45) is 0. The maximum atomic E-state index is 15.0. The monoisotopic (exact) mass is 633 g/mol. The van der Waals surface area contributed by atoms with E-state index in [1.807, 2.05) is 30.3 Å². The molecule has 0 bridgehead atoms. The quantitative estimate of drug-likeness (QED) is 0.164. The number of methoxy groups -OCH3 is 1. The Labute approximate surface area is 270 Å². The van der Waals surface area contributed by atoms with E-state index in [1.54, 1.807) is 30.1 Å². The first-order chi connectivity index (χ1) is 21.9. The van der Waals surface area contributed by atoms with Crippen LogP contribution >= 0.6 is 23.5 Å². The molecule has 1 aromatic heterocycles. The van der Waals surface area contributed by atoms with Gasteiger partial charge in [0, 0.05) is 37.9 Å². The summed E-state index contributed by atoms with van der Waals surface area (Å²) in [5, 5.41) is 1.28. The molecule has 5 aromatic carbocycles. The predicted octanol–water partition coefficient (Wildman–Crippen LogP) is 10.2. The van der Waals surface area contributed by atoms with Crippen LogP contribution in [0.25, 0.3) is 44.4 Å². The Bertz CT molecular complexity index is 2070. The Hall–Kier alpha value is -4.36. The molecule has 1 fully saturated rings. The molecule has 45 heavy (non-hydrogen) atoms. The van der Waals surface area contributed by atoms with E-state index >= 15 is 4.39 Å². The number of halogens is 2. The van der Waals surface area contributed by atoms with Crippen molar-refractivity contribution >= 4 is 40.4 Å². The van der Waals surface area contributed by atoms with Crippen LogP contribution in [-0.4, -0.2) is 30.3 Å². The lowest BCUT2D eigenvalue weighted by Crippen LogP contribution is -2.25. The van der Waals surface area contributed by atoms with E-state index in [9.17, 15) is 4.79 Å². The maximum Gasteiger partial charge on any atom is 0.337 e. The minimum atomic E-state index is -0.442. The molecule has 6 aromatic rings. The second-order valence-electron chi connectivity index (χ2n) is 11.2. The molecular weight excluding hydrogens is 605 g/mol. The third-order valence-electron chi connectivity index (χ3n) is 8.25. The fraction of sp³-hybridized carbons (Fsp3) is 0.132. The molecule has 0 N–H and O–H groups in total. The Balaban J connectivity index is 1.49. The van der Waals surface area contributed by atoms with E-state index in [0.29, 0.717) is 23.8 Å². The molecular formula is C38H29ClFNO3S. The van der Waals surface area contributed by atoms with Crippen LogP contribution in [-0.2, 0) is 9.47 Å². The van der Waals surface area contributed by atoms with Crippen molar-refractivity contribution in [3.05, 3.63) is 137 Å². The number of aryl methyl sites for hydroxylation is 1. The third kappa shape index (κ3) is 5.54. The van der Waals surface area contributed by atoms with Gasteiger partial charge >= 0.3 is 5.97 Å². The Morgan fingerprint density at radius 3 is 2.40 bits per heavy atom. The first kappa shape index (κ1) is 29.4. The van der Waals surface area contributed by atoms with Gasteiger partial charge in [-0.25, -0.2) is 9.18 Å². The number of esters is 1. The molecule has 4 nitrogen and oxygen atoms in total. The van der Waals surface area contributed by atoms with Crippen LogP contribution in [0.5, 0.6) is 0 Å². The molecule has 0 spiro atoms. The van der Waals surface area contributed by atoms with Crippen LogP contribution in [0.15, 0.2) is 114 Å². The van der Waals surface area contributed by atoms with Crippen LogP contribution < -0.4 is 0 Å². The van der Waals surface area contributed by atoms with E-state index in [2.05, 4.69) is 65.5 Å². The lowest BCUT2D eigenvalue weighted by Gasteiger charge is -2.28. The van der Waals surface area contributed by atoms with Gasteiger partial charge < -0.3 is 9.47 Å². The topological polar surface area (TPSA) is 40.5 Å². The molecule has 0 atom stereocenters. The number of benzene rings is 5. The van der Waals surface area contributed by atoms with E-state index in [4.69, 9.17) is 21.1 Å². The van der Waals surface area contributed by atoms with Crippen molar-refractivity contribution in [3.63, 3.8) is 0 Å². The number of ether oxygens (including phenoxy) is 2. The average Bonchev–Trinajstić information content (AvgIpc) is 3.33. The zero-order valence-electron chi connectivity index (χ0n) is 24.7. The molecule has 0 saturated carbocycles. The zero-order valence-corrected chi connectivity index (χ0v) is 26.3. The fourth-order valence-electron chi connectivity index (χ4n) is 5.89. The second-order valence-corrected chi connectivity index (χ2v) is 12.6. The largest absolute Gasteiger partial charge is 0.465 e. The van der Waals surface area contributed by atoms with E-state index in [1.165, 1.54) is 24.3 Å². The summed E-state index contributed by atoms with van der Waals surface area (Å²) in [6.45, 7) is 3.39. The number of nitrogens with zero attached hydrogens (tertiary/aromatic N) is 1. The van der Waals surface area contributed by atoms with E-state index in [0.717, 1.165) is 49.3 Å². The lowest BCUT2D eigenvalue weighted by atomic mass is 9.87. The van der Waals surface area contributed by atoms with Crippen molar-refractivity contribution < 1.29 is 18.7 Å². The average molecular weight is 634 g/mol. The summed E-state index contributed by atoms with van der Waals surface area (Å²) in [4.78, 5) is 13.2. The van der Waals surface area contributed by atoms with Crippen molar-refractivity contribution in [1.82, 2.24) is 3.97 Å². The van der Waals surface area contributed by atoms with Gasteiger partial charge in [0.05, 0.1) is 37.1 Å². The Morgan fingerprint density at radius 2 is 1.67 bits per heavy atom. The molecule has 1 saturated heterocycles. The number of aromatic nitrogens is 1. The van der Waals surface area contributed by atoms with Gasteiger partial charge in [-0.3, -0.25) is 3.97 Å². The number of carbonyl (C=O) groups is 1. The Kier molecular flexibility index (Phi) is 7.96. The third-order valence-corrected chi connectivity index (χ3v) is 9.61. The highest BCUT2D eigenvalue weighted by molar-refractivity contribution is 7.98. The number of fused-ring (bicyclic) bond motifs is 1. The fourth-order valence-corrected chi connectivity index (χ4v) is 7.20. The SMILES string of the molecule is COC(=O)c1ccc(-c2cccc(-c3c(-c4ccccc4C4COC4)c4cc(F)ccc4n3Sc3ccc(C)cc3)c2)c(Cl)c1. The summed E-state index contributed by atoms with van der Waals surface area (Å²) >= 11 is 8.34. The van der Waals surface area contributed by atoms with Gasteiger partial charge in [0.25, 0.3) is 0 Å². The normalized spacial score (nSPS) is 13.2. The number of hydrogen-bond acceptors (Lipinski definition) is 4. The number of rotatable bonds is 7. The van der Waals surface area contributed by atoms with E-state index in [-0.39, 0.29) is 11.7 Å². The van der Waals surface area contributed by atoms with Crippen molar-refractivity contribution in [1.29, 1.82) is 0 Å². The number of hydrogen-bond donors (Lipinski definition) is 0. The number of carbonyl (C=O) groups excluding carboxylic acids is 1. The summed E-state index contributed by atoms with van der Waals surface area (Å²) in [5.74, 6) is -0.463. The molecule has 7 heteroatoms. The summed E-state index contributed by atoms with van der Waals surface area (Å²) in [5.41, 5.74) is 9.29. The van der Waals surface area contributed by atoms with Gasteiger partial charge in [-0.15, -0.1) is 0 Å². The minimum absolute atomic E-state index is 0.268. The van der Waals surface area contributed by atoms with Crippen LogP contribution in [0.4, 0.5) is 4.39 Å². The maximum absolute atomic E-state index is 15.0. The van der Waals surface area contributed by atoms with Gasteiger partial charge in [0.2, 0.25) is 0 Å². The predicted molar refractivity (Wildman–Crippen MR) is 181 cm³/mol. The highest BCUT2D eigenvalue weighted by atomic mass is 35.5. The van der Waals surface area contributed by atoms with Gasteiger partial charge in [-0.2, -0.15) is 0 Å². The highest BCUT2D eigenvalue weighted by Gasteiger charge is 2.28.